The van der Waals surface area contributed by atoms with E-state index < -0.39 is 0 Å². The van der Waals surface area contributed by atoms with Crippen LogP contribution in [0.15, 0.2) is 59.5 Å². The summed E-state index contributed by atoms with van der Waals surface area (Å²) in [6.07, 6.45) is 4.34. The van der Waals surface area contributed by atoms with Crippen molar-refractivity contribution in [3.8, 4) is 28.3 Å². The number of fused-ring (bicyclic) bond motifs is 2. The van der Waals surface area contributed by atoms with E-state index in [0.717, 1.165) is 82.6 Å². The lowest BCUT2D eigenvalue weighted by atomic mass is 9.96. The molecule has 5 heterocycles. The number of likely N-dealkylation sites (tertiary alicyclic amines) is 1. The molecular formula is C39H41ClN8O4. The van der Waals surface area contributed by atoms with Crippen LogP contribution in [0, 0.1) is 13.8 Å². The number of hydrogen-bond donors (Lipinski definition) is 3. The van der Waals surface area contributed by atoms with Crippen LogP contribution in [0.25, 0.3) is 33.2 Å². The second-order valence-electron chi connectivity index (χ2n) is 14.1. The number of β-amino-alcohol motifs (C(OH)–C–C–N with tert-alkyl or cyclic N) is 1. The monoisotopic (exact) mass is 720 g/mol. The lowest BCUT2D eigenvalue weighted by molar-refractivity contribution is 0.193. The van der Waals surface area contributed by atoms with Crippen molar-refractivity contribution in [3.05, 3.63) is 92.5 Å². The highest BCUT2D eigenvalue weighted by atomic mass is 35.5. The van der Waals surface area contributed by atoms with Crippen molar-refractivity contribution in [2.45, 2.75) is 44.7 Å². The Balaban J connectivity index is 1.10. The summed E-state index contributed by atoms with van der Waals surface area (Å²) >= 11 is 7.27. The van der Waals surface area contributed by atoms with Gasteiger partial charge in [-0.15, -0.1) is 0 Å². The third kappa shape index (κ3) is 5.75. The number of ether oxygens (including phenoxy) is 1. The molecule has 3 aromatic heterocycles. The number of aliphatic hydroxyl groups excluding tert-OH is 1. The highest BCUT2D eigenvalue weighted by Gasteiger charge is 2.49. The Bertz CT molecular complexity index is 2310. The Morgan fingerprint density at radius 2 is 1.87 bits per heavy atom. The van der Waals surface area contributed by atoms with Crippen molar-refractivity contribution < 1.29 is 14.6 Å². The van der Waals surface area contributed by atoms with E-state index in [2.05, 4.69) is 26.7 Å². The fourth-order valence-corrected chi connectivity index (χ4v) is 8.66. The average Bonchev–Trinajstić information content (AvgIpc) is 3.83. The number of rotatable bonds is 8. The summed E-state index contributed by atoms with van der Waals surface area (Å²) in [5.74, 6) is 1.07. The smallest absolute Gasteiger partial charge is 0.318 e. The van der Waals surface area contributed by atoms with Gasteiger partial charge in [0.1, 0.15) is 5.82 Å². The Hall–Kier alpha value is -5.04. The number of carbonyl (C=O) groups is 1. The van der Waals surface area contributed by atoms with Crippen LogP contribution >= 0.6 is 11.6 Å². The third-order valence-corrected chi connectivity index (χ3v) is 11.3. The number of pyridine rings is 2. The fourth-order valence-electron chi connectivity index (χ4n) is 8.33. The molecule has 3 aliphatic rings. The number of benzene rings is 2. The maximum Gasteiger partial charge on any atom is 0.318 e. The van der Waals surface area contributed by atoms with E-state index in [-0.39, 0.29) is 29.8 Å². The molecular weight excluding hydrogens is 680 g/mol. The largest absolute Gasteiger partial charge is 0.481 e. The van der Waals surface area contributed by atoms with Crippen molar-refractivity contribution in [3.63, 3.8) is 0 Å². The summed E-state index contributed by atoms with van der Waals surface area (Å²) in [6.45, 7) is 6.41. The van der Waals surface area contributed by atoms with Gasteiger partial charge in [-0.3, -0.25) is 9.69 Å². The van der Waals surface area contributed by atoms with E-state index in [1.165, 1.54) is 10.2 Å². The van der Waals surface area contributed by atoms with E-state index in [0.29, 0.717) is 35.2 Å². The number of halogens is 1. The SMILES string of the molecule is COc1nc(-c2cccc(-c3cccc(Nc4nc(C)cc5cnn(C)c(=O)c45)c3C)c2Cl)cc2c1[C@@H](N1CC[C@@]3(CN(CCO)C(=O)N3)C1)CC2. The van der Waals surface area contributed by atoms with Gasteiger partial charge in [-0.25, -0.2) is 19.4 Å². The Labute approximate surface area is 306 Å². The van der Waals surface area contributed by atoms with Gasteiger partial charge in [0, 0.05) is 72.7 Å². The molecule has 2 aromatic carbocycles. The molecule has 52 heavy (non-hydrogen) atoms. The van der Waals surface area contributed by atoms with Crippen LogP contribution in [0.5, 0.6) is 5.88 Å². The quantitative estimate of drug-likeness (QED) is 0.189. The van der Waals surface area contributed by atoms with Gasteiger partial charge in [-0.05, 0) is 68.0 Å². The van der Waals surface area contributed by atoms with E-state index in [1.807, 2.05) is 56.3 Å². The molecule has 2 amide bonds. The first-order chi connectivity index (χ1) is 25.1. The number of aliphatic hydroxyl groups is 1. The first-order valence-electron chi connectivity index (χ1n) is 17.6. The maximum absolute atomic E-state index is 13.1. The summed E-state index contributed by atoms with van der Waals surface area (Å²) in [5.41, 5.74) is 7.64. The number of nitrogens with one attached hydrogen (secondary N) is 2. The fraction of sp³-hybridized carbons (Fsp3) is 0.359. The number of aromatic nitrogens is 4. The van der Waals surface area contributed by atoms with Crippen LogP contribution in [0.1, 0.15) is 41.3 Å². The molecule has 5 aromatic rings. The molecule has 13 heteroatoms. The second kappa shape index (κ2) is 13.2. The van der Waals surface area contributed by atoms with Gasteiger partial charge in [-0.2, -0.15) is 5.10 Å². The van der Waals surface area contributed by atoms with Gasteiger partial charge in [-0.1, -0.05) is 41.9 Å². The molecule has 1 aliphatic carbocycles. The Kier molecular flexibility index (Phi) is 8.63. The van der Waals surface area contributed by atoms with E-state index in [9.17, 15) is 14.7 Å². The van der Waals surface area contributed by atoms with Gasteiger partial charge >= 0.3 is 6.03 Å². The number of nitrogens with zero attached hydrogens (tertiary/aromatic N) is 6. The standard InChI is InChI=1S/C39H41ClN8O4/c1-22-17-25-19-41-46(3)37(50)33(25)35(42-22)43-29-10-6-7-26(23(29)2)27-8-5-9-28(34(27)40)30-18-24-11-12-31(32(24)36(44-30)52-4)47-14-13-39(20-47)21-48(15-16-49)38(51)45-39/h5-10,17-19,31,49H,11-16,20-21H2,1-4H3,(H,42,43)(H,45,51)/t31-,39-/m0/s1. The van der Waals surface area contributed by atoms with E-state index >= 15 is 0 Å². The summed E-state index contributed by atoms with van der Waals surface area (Å²) in [6, 6.07) is 16.0. The molecule has 0 saturated carbocycles. The average molecular weight is 721 g/mol. The van der Waals surface area contributed by atoms with E-state index in [4.69, 9.17) is 26.3 Å². The van der Waals surface area contributed by atoms with Crippen molar-refractivity contribution in [1.82, 2.24) is 34.9 Å². The lowest BCUT2D eigenvalue weighted by Gasteiger charge is -2.28. The summed E-state index contributed by atoms with van der Waals surface area (Å²) < 4.78 is 7.28. The molecule has 0 radical (unpaired) electrons. The van der Waals surface area contributed by atoms with Crippen LogP contribution in [0.3, 0.4) is 0 Å². The number of hydrogen-bond acceptors (Lipinski definition) is 9. The van der Waals surface area contributed by atoms with Crippen LogP contribution in [0.4, 0.5) is 16.3 Å². The third-order valence-electron chi connectivity index (χ3n) is 10.9. The molecule has 2 saturated heterocycles. The predicted octanol–water partition coefficient (Wildman–Crippen LogP) is 5.53. The van der Waals surface area contributed by atoms with Crippen molar-refractivity contribution in [1.29, 1.82) is 0 Å². The predicted molar refractivity (Wildman–Crippen MR) is 201 cm³/mol. The topological polar surface area (TPSA) is 138 Å². The number of anilines is 2. The van der Waals surface area contributed by atoms with Gasteiger partial charge in [0.15, 0.2) is 0 Å². The van der Waals surface area contributed by atoms with Crippen LogP contribution in [0.2, 0.25) is 5.02 Å². The zero-order valence-electron chi connectivity index (χ0n) is 29.7. The zero-order valence-corrected chi connectivity index (χ0v) is 30.4. The molecule has 2 fully saturated rings. The van der Waals surface area contributed by atoms with Gasteiger partial charge in [0.05, 0.1) is 41.6 Å². The van der Waals surface area contributed by atoms with Crippen LogP contribution in [-0.4, -0.2) is 86.1 Å². The van der Waals surface area contributed by atoms with Gasteiger partial charge in [0.2, 0.25) is 5.88 Å². The number of urea groups is 1. The van der Waals surface area contributed by atoms with E-state index in [1.54, 1.807) is 25.3 Å². The first kappa shape index (κ1) is 34.1. The minimum absolute atomic E-state index is 0.0462. The molecule has 3 N–H and O–H groups in total. The molecule has 0 unspecified atom stereocenters. The molecule has 2 aliphatic heterocycles. The minimum Gasteiger partial charge on any atom is -0.481 e. The van der Waals surface area contributed by atoms with Crippen molar-refractivity contribution in [2.24, 2.45) is 7.05 Å². The van der Waals surface area contributed by atoms with Crippen molar-refractivity contribution in [2.75, 3.05) is 45.2 Å². The summed E-state index contributed by atoms with van der Waals surface area (Å²) in [7, 11) is 3.29. The highest BCUT2D eigenvalue weighted by Crippen LogP contribution is 2.46. The van der Waals surface area contributed by atoms with Gasteiger partial charge in [0.25, 0.3) is 5.56 Å². The van der Waals surface area contributed by atoms with Crippen LogP contribution in [-0.2, 0) is 13.5 Å². The summed E-state index contributed by atoms with van der Waals surface area (Å²) in [5, 5.41) is 22.0. The number of methoxy groups -OCH3 is 1. The number of amides is 2. The Morgan fingerprint density at radius 3 is 2.67 bits per heavy atom. The zero-order chi connectivity index (χ0) is 36.3. The molecule has 12 nitrogen and oxygen atoms in total. The molecule has 0 bridgehead atoms. The maximum atomic E-state index is 13.1. The highest BCUT2D eigenvalue weighted by molar-refractivity contribution is 6.36. The lowest BCUT2D eigenvalue weighted by Crippen LogP contribution is -2.46. The first-order valence-corrected chi connectivity index (χ1v) is 18.0. The summed E-state index contributed by atoms with van der Waals surface area (Å²) in [4.78, 5) is 39.6. The molecule has 268 valence electrons. The normalized spacial score (nSPS) is 19.8. The number of aryl methyl sites for hydroxylation is 3. The molecule has 2 atom stereocenters. The molecule has 1 spiro atoms. The minimum atomic E-state index is -0.312. The van der Waals surface area contributed by atoms with Crippen molar-refractivity contribution >= 4 is 39.9 Å². The van der Waals surface area contributed by atoms with Crippen LogP contribution < -0.4 is 20.9 Å². The molecule has 8 rings (SSSR count). The van der Waals surface area contributed by atoms with Gasteiger partial charge < -0.3 is 25.4 Å². The second-order valence-corrected chi connectivity index (χ2v) is 14.5. The number of carbonyl (C=O) groups excluding carboxylic acids is 1. The Morgan fingerprint density at radius 1 is 1.08 bits per heavy atom.